The number of unbranched alkanes of at least 4 members (excludes halogenated alkanes) is 1. The monoisotopic (exact) mass is 254 g/mol. The van der Waals surface area contributed by atoms with Crippen molar-refractivity contribution in [1.29, 1.82) is 0 Å². The van der Waals surface area contributed by atoms with Gasteiger partial charge >= 0.3 is 5.97 Å². The van der Waals surface area contributed by atoms with Crippen LogP contribution in [0.5, 0.6) is 0 Å². The Hall–Kier alpha value is -1.92. The lowest BCUT2D eigenvalue weighted by atomic mass is 10.1. The first-order valence-electron chi connectivity index (χ1n) is 5.98. The highest BCUT2D eigenvalue weighted by atomic mass is 16.4. The molecule has 1 atom stereocenters. The second-order valence-electron chi connectivity index (χ2n) is 4.01. The smallest absolute Gasteiger partial charge is 0.326 e. The fraction of sp³-hybridized carbons (Fsp3) is 0.636. The van der Waals surface area contributed by atoms with E-state index in [4.69, 9.17) is 5.11 Å². The highest BCUT2D eigenvalue weighted by molar-refractivity contribution is 5.83. The zero-order chi connectivity index (χ0) is 13.4. The predicted molar refractivity (Wildman–Crippen MR) is 63.7 cm³/mol. The minimum Gasteiger partial charge on any atom is -0.480 e. The first kappa shape index (κ1) is 14.1. The van der Waals surface area contributed by atoms with E-state index in [2.05, 4.69) is 15.4 Å². The molecule has 100 valence electrons. The number of carbonyl (C=O) groups is 2. The first-order chi connectivity index (χ1) is 8.63. The van der Waals surface area contributed by atoms with Gasteiger partial charge in [-0.15, -0.1) is 0 Å². The van der Waals surface area contributed by atoms with Crippen molar-refractivity contribution < 1.29 is 14.7 Å². The Labute approximate surface area is 105 Å². The molecule has 1 heterocycles. The molecule has 1 rings (SSSR count). The summed E-state index contributed by atoms with van der Waals surface area (Å²) >= 11 is 0. The molecule has 0 aliphatic carbocycles. The van der Waals surface area contributed by atoms with Gasteiger partial charge in [0.25, 0.3) is 0 Å². The molecule has 0 spiro atoms. The van der Waals surface area contributed by atoms with E-state index in [-0.39, 0.29) is 12.3 Å². The molecule has 1 aromatic rings. The van der Waals surface area contributed by atoms with Gasteiger partial charge in [0, 0.05) is 6.42 Å². The van der Waals surface area contributed by atoms with E-state index in [1.165, 1.54) is 17.3 Å². The number of hydrogen-bond donors (Lipinski definition) is 2. The normalized spacial score (nSPS) is 12.1. The number of aryl methyl sites for hydroxylation is 1. The molecule has 18 heavy (non-hydrogen) atoms. The van der Waals surface area contributed by atoms with Gasteiger partial charge in [0.1, 0.15) is 18.7 Å². The topological polar surface area (TPSA) is 97.1 Å². The standard InChI is InChI=1S/C11H18N4O3/c1-2-3-4-9(11(17)18)14-10(16)5-6-15-8-12-7-13-15/h7-9H,2-6H2,1H3,(H,14,16)(H,17,18). The fourth-order valence-corrected chi connectivity index (χ4v) is 1.50. The van der Waals surface area contributed by atoms with Crippen molar-refractivity contribution in [3.8, 4) is 0 Å². The van der Waals surface area contributed by atoms with Crippen molar-refractivity contribution in [2.75, 3.05) is 0 Å². The van der Waals surface area contributed by atoms with Crippen LogP contribution in [0.1, 0.15) is 32.6 Å². The van der Waals surface area contributed by atoms with Crippen LogP contribution in [0.15, 0.2) is 12.7 Å². The molecule has 0 aliphatic heterocycles. The van der Waals surface area contributed by atoms with Crippen molar-refractivity contribution in [2.45, 2.75) is 45.2 Å². The summed E-state index contributed by atoms with van der Waals surface area (Å²) in [7, 11) is 0. The number of nitrogens with one attached hydrogen (secondary N) is 1. The van der Waals surface area contributed by atoms with Crippen LogP contribution in [0.25, 0.3) is 0 Å². The van der Waals surface area contributed by atoms with Crippen molar-refractivity contribution >= 4 is 11.9 Å². The number of hydrogen-bond acceptors (Lipinski definition) is 4. The molecule has 0 bridgehead atoms. The van der Waals surface area contributed by atoms with Gasteiger partial charge < -0.3 is 10.4 Å². The number of amides is 1. The summed E-state index contributed by atoms with van der Waals surface area (Å²) in [5.74, 6) is -1.27. The highest BCUT2D eigenvalue weighted by Gasteiger charge is 2.18. The van der Waals surface area contributed by atoms with Gasteiger partial charge in [-0.2, -0.15) is 5.10 Å². The van der Waals surface area contributed by atoms with Crippen molar-refractivity contribution in [3.63, 3.8) is 0 Å². The summed E-state index contributed by atoms with van der Waals surface area (Å²) in [5, 5.41) is 15.3. The van der Waals surface area contributed by atoms with Crippen molar-refractivity contribution in [2.24, 2.45) is 0 Å². The zero-order valence-corrected chi connectivity index (χ0v) is 10.4. The Kier molecular flexibility index (Phi) is 5.83. The largest absolute Gasteiger partial charge is 0.480 e. The van der Waals surface area contributed by atoms with E-state index in [1.807, 2.05) is 6.92 Å². The summed E-state index contributed by atoms with van der Waals surface area (Å²) in [6.07, 6.45) is 5.23. The minimum atomic E-state index is -0.988. The van der Waals surface area contributed by atoms with Gasteiger partial charge in [0.05, 0.1) is 6.54 Å². The van der Waals surface area contributed by atoms with E-state index in [0.717, 1.165) is 12.8 Å². The number of aliphatic carboxylic acids is 1. The Morgan fingerprint density at radius 3 is 2.83 bits per heavy atom. The maximum Gasteiger partial charge on any atom is 0.326 e. The van der Waals surface area contributed by atoms with Crippen LogP contribution in [0, 0.1) is 0 Å². The Bertz CT molecular complexity index is 378. The number of nitrogens with zero attached hydrogens (tertiary/aromatic N) is 3. The quantitative estimate of drug-likeness (QED) is 0.701. The number of carbonyl (C=O) groups excluding carboxylic acids is 1. The summed E-state index contributed by atoms with van der Waals surface area (Å²) in [6, 6.07) is -0.798. The molecular formula is C11H18N4O3. The average Bonchev–Trinajstić information content (AvgIpc) is 2.84. The maximum atomic E-state index is 11.6. The van der Waals surface area contributed by atoms with Crippen LogP contribution in [0.3, 0.4) is 0 Å². The van der Waals surface area contributed by atoms with Crippen molar-refractivity contribution in [1.82, 2.24) is 20.1 Å². The molecule has 0 fully saturated rings. The predicted octanol–water partition coefficient (Wildman–Crippen LogP) is 0.428. The summed E-state index contributed by atoms with van der Waals surface area (Å²) in [5.41, 5.74) is 0. The van der Waals surface area contributed by atoms with Crippen LogP contribution in [0.4, 0.5) is 0 Å². The zero-order valence-electron chi connectivity index (χ0n) is 10.4. The molecule has 0 saturated heterocycles. The van der Waals surface area contributed by atoms with E-state index in [9.17, 15) is 9.59 Å². The lowest BCUT2D eigenvalue weighted by Crippen LogP contribution is -2.41. The fourth-order valence-electron chi connectivity index (χ4n) is 1.50. The molecule has 0 aliphatic rings. The number of aromatic nitrogens is 3. The number of carboxylic acids is 1. The van der Waals surface area contributed by atoms with Gasteiger partial charge in [0.15, 0.2) is 0 Å². The number of rotatable bonds is 8. The Morgan fingerprint density at radius 1 is 1.50 bits per heavy atom. The molecular weight excluding hydrogens is 236 g/mol. The van der Waals surface area contributed by atoms with Gasteiger partial charge in [-0.25, -0.2) is 9.78 Å². The summed E-state index contributed by atoms with van der Waals surface area (Å²) < 4.78 is 1.53. The second-order valence-corrected chi connectivity index (χ2v) is 4.01. The third-order valence-corrected chi connectivity index (χ3v) is 2.51. The lowest BCUT2D eigenvalue weighted by Gasteiger charge is -2.13. The molecule has 0 saturated carbocycles. The number of carboxylic acid groups (broad SMARTS) is 1. The van der Waals surface area contributed by atoms with E-state index < -0.39 is 12.0 Å². The van der Waals surface area contributed by atoms with Crippen LogP contribution in [0.2, 0.25) is 0 Å². The SMILES string of the molecule is CCCCC(NC(=O)CCn1cncn1)C(=O)O. The maximum absolute atomic E-state index is 11.6. The van der Waals surface area contributed by atoms with Gasteiger partial charge in [0.2, 0.25) is 5.91 Å². The average molecular weight is 254 g/mol. The highest BCUT2D eigenvalue weighted by Crippen LogP contribution is 2.01. The molecule has 0 radical (unpaired) electrons. The van der Waals surface area contributed by atoms with Crippen LogP contribution in [-0.4, -0.2) is 37.8 Å². The third-order valence-electron chi connectivity index (χ3n) is 2.51. The summed E-state index contributed by atoms with van der Waals surface area (Å²) in [6.45, 7) is 2.37. The Balaban J connectivity index is 2.34. The van der Waals surface area contributed by atoms with Gasteiger partial charge in [-0.3, -0.25) is 9.48 Å². The summed E-state index contributed by atoms with van der Waals surface area (Å²) in [4.78, 5) is 26.3. The van der Waals surface area contributed by atoms with Gasteiger partial charge in [-0.05, 0) is 6.42 Å². The van der Waals surface area contributed by atoms with Crippen molar-refractivity contribution in [3.05, 3.63) is 12.7 Å². The molecule has 7 nitrogen and oxygen atoms in total. The molecule has 1 unspecified atom stereocenters. The molecule has 2 N–H and O–H groups in total. The Morgan fingerprint density at radius 2 is 2.28 bits per heavy atom. The van der Waals surface area contributed by atoms with E-state index in [1.54, 1.807) is 0 Å². The molecule has 1 aromatic heterocycles. The van der Waals surface area contributed by atoms with E-state index >= 15 is 0 Å². The minimum absolute atomic E-state index is 0.194. The van der Waals surface area contributed by atoms with Gasteiger partial charge in [-0.1, -0.05) is 19.8 Å². The van der Waals surface area contributed by atoms with Crippen LogP contribution >= 0.6 is 0 Å². The lowest BCUT2D eigenvalue weighted by molar-refractivity contribution is -0.142. The molecule has 7 heteroatoms. The van der Waals surface area contributed by atoms with Crippen LogP contribution < -0.4 is 5.32 Å². The third kappa shape index (κ3) is 4.94. The van der Waals surface area contributed by atoms with Crippen LogP contribution in [-0.2, 0) is 16.1 Å². The first-order valence-corrected chi connectivity index (χ1v) is 5.98. The molecule has 0 aromatic carbocycles. The van der Waals surface area contributed by atoms with E-state index in [0.29, 0.717) is 13.0 Å². The second kappa shape index (κ2) is 7.41. The molecule has 1 amide bonds.